The Labute approximate surface area is 123 Å². The SMILES string of the molecule is CCCCNc1ccc(C(=O)Nc2ccccc2F)nc1. The molecule has 1 aromatic heterocycles. The van der Waals surface area contributed by atoms with E-state index in [2.05, 4.69) is 22.5 Å². The zero-order chi connectivity index (χ0) is 15.1. The molecule has 0 fully saturated rings. The summed E-state index contributed by atoms with van der Waals surface area (Å²) in [5.41, 5.74) is 1.26. The van der Waals surface area contributed by atoms with Gasteiger partial charge in [0.25, 0.3) is 5.91 Å². The number of nitrogens with one attached hydrogen (secondary N) is 2. The van der Waals surface area contributed by atoms with E-state index in [0.29, 0.717) is 0 Å². The zero-order valence-electron chi connectivity index (χ0n) is 11.9. The smallest absolute Gasteiger partial charge is 0.274 e. The molecule has 0 spiro atoms. The van der Waals surface area contributed by atoms with Crippen molar-refractivity contribution in [1.29, 1.82) is 0 Å². The van der Waals surface area contributed by atoms with Gasteiger partial charge in [-0.05, 0) is 30.7 Å². The Balaban J connectivity index is 1.98. The Bertz CT molecular complexity index is 599. The van der Waals surface area contributed by atoms with Crippen LogP contribution in [0.25, 0.3) is 0 Å². The highest BCUT2D eigenvalue weighted by molar-refractivity contribution is 6.03. The molecule has 21 heavy (non-hydrogen) atoms. The summed E-state index contributed by atoms with van der Waals surface area (Å²) in [6, 6.07) is 9.44. The Morgan fingerprint density at radius 3 is 2.71 bits per heavy atom. The molecule has 0 atom stereocenters. The van der Waals surface area contributed by atoms with Gasteiger partial charge in [-0.2, -0.15) is 0 Å². The fraction of sp³-hybridized carbons (Fsp3) is 0.250. The van der Waals surface area contributed by atoms with Crippen molar-refractivity contribution < 1.29 is 9.18 Å². The second-order valence-electron chi connectivity index (χ2n) is 4.65. The minimum Gasteiger partial charge on any atom is -0.384 e. The van der Waals surface area contributed by atoms with E-state index in [1.807, 2.05) is 0 Å². The van der Waals surface area contributed by atoms with Gasteiger partial charge < -0.3 is 10.6 Å². The Morgan fingerprint density at radius 1 is 1.24 bits per heavy atom. The molecule has 0 saturated carbocycles. The molecule has 110 valence electrons. The Morgan fingerprint density at radius 2 is 2.05 bits per heavy atom. The summed E-state index contributed by atoms with van der Waals surface area (Å²) in [4.78, 5) is 16.1. The first-order chi connectivity index (χ1) is 10.2. The van der Waals surface area contributed by atoms with Crippen LogP contribution in [0.2, 0.25) is 0 Å². The van der Waals surface area contributed by atoms with Crippen molar-refractivity contribution in [3.8, 4) is 0 Å². The lowest BCUT2D eigenvalue weighted by Crippen LogP contribution is -2.14. The van der Waals surface area contributed by atoms with Crippen molar-refractivity contribution in [2.75, 3.05) is 17.2 Å². The molecule has 4 nitrogen and oxygen atoms in total. The highest BCUT2D eigenvalue weighted by Crippen LogP contribution is 2.14. The molecule has 2 N–H and O–H groups in total. The van der Waals surface area contributed by atoms with Crippen molar-refractivity contribution in [3.05, 3.63) is 54.1 Å². The number of unbranched alkanes of at least 4 members (excludes halogenated alkanes) is 1. The van der Waals surface area contributed by atoms with Crippen molar-refractivity contribution >= 4 is 17.3 Å². The predicted molar refractivity (Wildman–Crippen MR) is 82.0 cm³/mol. The van der Waals surface area contributed by atoms with Crippen molar-refractivity contribution in [2.45, 2.75) is 19.8 Å². The number of aromatic nitrogens is 1. The first-order valence-electron chi connectivity index (χ1n) is 6.96. The van der Waals surface area contributed by atoms with Gasteiger partial charge in [-0.25, -0.2) is 9.37 Å². The highest BCUT2D eigenvalue weighted by atomic mass is 19.1. The maximum absolute atomic E-state index is 13.5. The van der Waals surface area contributed by atoms with Gasteiger partial charge in [0.05, 0.1) is 17.6 Å². The molecule has 1 amide bonds. The lowest BCUT2D eigenvalue weighted by atomic mass is 10.2. The van der Waals surface area contributed by atoms with E-state index in [1.54, 1.807) is 30.5 Å². The topological polar surface area (TPSA) is 54.0 Å². The van der Waals surface area contributed by atoms with E-state index in [0.717, 1.165) is 25.1 Å². The number of para-hydroxylation sites is 1. The molecule has 5 heteroatoms. The van der Waals surface area contributed by atoms with Crippen LogP contribution in [0.4, 0.5) is 15.8 Å². The number of anilines is 2. The summed E-state index contributed by atoms with van der Waals surface area (Å²) < 4.78 is 13.5. The molecule has 2 rings (SSSR count). The normalized spacial score (nSPS) is 10.2. The molecule has 0 aliphatic rings. The number of rotatable bonds is 6. The Hall–Kier alpha value is -2.43. The zero-order valence-corrected chi connectivity index (χ0v) is 11.9. The fourth-order valence-electron chi connectivity index (χ4n) is 1.79. The van der Waals surface area contributed by atoms with Crippen LogP contribution in [0.5, 0.6) is 0 Å². The summed E-state index contributed by atoms with van der Waals surface area (Å²) in [7, 11) is 0. The minimum atomic E-state index is -0.469. The number of carbonyl (C=O) groups is 1. The van der Waals surface area contributed by atoms with Crippen LogP contribution in [-0.4, -0.2) is 17.4 Å². The second kappa shape index (κ2) is 7.38. The predicted octanol–water partition coefficient (Wildman–Crippen LogP) is 3.69. The van der Waals surface area contributed by atoms with Gasteiger partial charge in [-0.1, -0.05) is 25.5 Å². The lowest BCUT2D eigenvalue weighted by molar-refractivity contribution is 0.102. The third-order valence-electron chi connectivity index (χ3n) is 2.98. The number of hydrogen-bond donors (Lipinski definition) is 2. The number of carbonyl (C=O) groups excluding carboxylic acids is 1. The molecule has 0 aliphatic carbocycles. The van der Waals surface area contributed by atoms with Gasteiger partial charge in [0.15, 0.2) is 0 Å². The number of pyridine rings is 1. The average Bonchev–Trinajstić information content (AvgIpc) is 2.50. The standard InChI is InChI=1S/C16H18FN3O/c1-2-3-10-18-12-8-9-15(19-11-12)16(21)20-14-7-5-4-6-13(14)17/h4-9,11,18H,2-3,10H2,1H3,(H,20,21). The van der Waals surface area contributed by atoms with Crippen LogP contribution >= 0.6 is 0 Å². The van der Waals surface area contributed by atoms with Gasteiger partial charge in [-0.3, -0.25) is 4.79 Å². The van der Waals surface area contributed by atoms with Gasteiger partial charge in [0, 0.05) is 6.54 Å². The number of halogens is 1. The van der Waals surface area contributed by atoms with Crippen LogP contribution in [0.3, 0.4) is 0 Å². The largest absolute Gasteiger partial charge is 0.384 e. The summed E-state index contributed by atoms with van der Waals surface area (Å²) in [6.45, 7) is 3.00. The monoisotopic (exact) mass is 287 g/mol. The van der Waals surface area contributed by atoms with Crippen LogP contribution < -0.4 is 10.6 Å². The summed E-state index contributed by atoms with van der Waals surface area (Å²) in [6.07, 6.45) is 3.80. The van der Waals surface area contributed by atoms with Gasteiger partial charge >= 0.3 is 0 Å². The van der Waals surface area contributed by atoms with E-state index in [1.165, 1.54) is 12.1 Å². The van der Waals surface area contributed by atoms with Crippen LogP contribution in [0.15, 0.2) is 42.6 Å². The lowest BCUT2D eigenvalue weighted by Gasteiger charge is -2.07. The molecule has 0 saturated heterocycles. The van der Waals surface area contributed by atoms with Crippen molar-refractivity contribution in [2.24, 2.45) is 0 Å². The van der Waals surface area contributed by atoms with Crippen molar-refractivity contribution in [1.82, 2.24) is 4.98 Å². The van der Waals surface area contributed by atoms with E-state index >= 15 is 0 Å². The maximum Gasteiger partial charge on any atom is 0.274 e. The molecule has 1 heterocycles. The number of amides is 1. The summed E-state index contributed by atoms with van der Waals surface area (Å²) >= 11 is 0. The number of hydrogen-bond acceptors (Lipinski definition) is 3. The van der Waals surface area contributed by atoms with E-state index in [-0.39, 0.29) is 11.4 Å². The molecular weight excluding hydrogens is 269 g/mol. The molecular formula is C16H18FN3O. The summed E-state index contributed by atoms with van der Waals surface area (Å²) in [5.74, 6) is -0.899. The molecule has 0 aliphatic heterocycles. The van der Waals surface area contributed by atoms with Gasteiger partial charge in [-0.15, -0.1) is 0 Å². The first-order valence-corrected chi connectivity index (χ1v) is 6.96. The van der Waals surface area contributed by atoms with Crippen LogP contribution in [0, 0.1) is 5.82 Å². The quantitative estimate of drug-likeness (QED) is 0.797. The fourth-order valence-corrected chi connectivity index (χ4v) is 1.79. The molecule has 1 aromatic carbocycles. The molecule has 0 unspecified atom stereocenters. The van der Waals surface area contributed by atoms with Crippen LogP contribution in [-0.2, 0) is 0 Å². The third kappa shape index (κ3) is 4.27. The first kappa shape index (κ1) is 15.0. The maximum atomic E-state index is 13.5. The molecule has 2 aromatic rings. The average molecular weight is 287 g/mol. The minimum absolute atomic E-state index is 0.148. The number of benzene rings is 1. The van der Waals surface area contributed by atoms with Crippen molar-refractivity contribution in [3.63, 3.8) is 0 Å². The highest BCUT2D eigenvalue weighted by Gasteiger charge is 2.09. The summed E-state index contributed by atoms with van der Waals surface area (Å²) in [5, 5.41) is 5.72. The molecule has 0 radical (unpaired) electrons. The van der Waals surface area contributed by atoms with E-state index in [9.17, 15) is 9.18 Å². The molecule has 0 bridgehead atoms. The second-order valence-corrected chi connectivity index (χ2v) is 4.65. The van der Waals surface area contributed by atoms with E-state index in [4.69, 9.17) is 0 Å². The van der Waals surface area contributed by atoms with Gasteiger partial charge in [0.2, 0.25) is 0 Å². The Kier molecular flexibility index (Phi) is 5.26. The van der Waals surface area contributed by atoms with Crippen LogP contribution in [0.1, 0.15) is 30.3 Å². The number of nitrogens with zero attached hydrogens (tertiary/aromatic N) is 1. The van der Waals surface area contributed by atoms with E-state index < -0.39 is 11.7 Å². The van der Waals surface area contributed by atoms with Gasteiger partial charge in [0.1, 0.15) is 11.5 Å². The third-order valence-corrected chi connectivity index (χ3v) is 2.98.